The standard InChI is InChI=1S/C23H32ClN3O6S2/c1-23(2,14-26(3)4)15-34(28,29)21-8-6-5-7-19(21)20-13-25-27(16-33-35(30,31)32)22(20)17-9-11-18(24)12-10-17/h5-12,20,22,25H,13-16H2,1-4H3,(H,30,31,32). The van der Waals surface area contributed by atoms with Gasteiger partial charge in [-0.3, -0.25) is 9.98 Å². The van der Waals surface area contributed by atoms with E-state index in [9.17, 15) is 16.8 Å². The second-order valence-electron chi connectivity index (χ2n) is 9.81. The van der Waals surface area contributed by atoms with Gasteiger partial charge in [-0.1, -0.05) is 55.8 Å². The van der Waals surface area contributed by atoms with E-state index >= 15 is 0 Å². The Morgan fingerprint density at radius 1 is 1.11 bits per heavy atom. The number of hydrogen-bond donors (Lipinski definition) is 2. The van der Waals surface area contributed by atoms with Gasteiger partial charge in [0.2, 0.25) is 0 Å². The highest BCUT2D eigenvalue weighted by Gasteiger charge is 2.40. The van der Waals surface area contributed by atoms with E-state index in [1.807, 2.05) is 32.8 Å². The maximum Gasteiger partial charge on any atom is 0.398 e. The Kier molecular flexibility index (Phi) is 8.65. The summed E-state index contributed by atoms with van der Waals surface area (Å²) in [6, 6.07) is 13.4. The zero-order chi connectivity index (χ0) is 26.0. The minimum Gasteiger partial charge on any atom is -0.309 e. The van der Waals surface area contributed by atoms with Crippen molar-refractivity contribution in [1.82, 2.24) is 15.3 Å². The summed E-state index contributed by atoms with van der Waals surface area (Å²) in [5.41, 5.74) is 4.02. The third-order valence-corrected chi connectivity index (χ3v) is 8.62. The molecule has 35 heavy (non-hydrogen) atoms. The van der Waals surface area contributed by atoms with Gasteiger partial charge in [0.15, 0.2) is 9.84 Å². The van der Waals surface area contributed by atoms with E-state index in [0.29, 0.717) is 23.7 Å². The number of benzene rings is 2. The van der Waals surface area contributed by atoms with Crippen LogP contribution in [0, 0.1) is 5.41 Å². The molecule has 2 atom stereocenters. The molecule has 0 aliphatic carbocycles. The molecule has 0 spiro atoms. The number of hydrogen-bond acceptors (Lipinski definition) is 8. The van der Waals surface area contributed by atoms with Crippen LogP contribution in [0.2, 0.25) is 5.02 Å². The maximum absolute atomic E-state index is 13.6. The van der Waals surface area contributed by atoms with Gasteiger partial charge in [0.1, 0.15) is 6.73 Å². The molecule has 0 amide bonds. The molecule has 1 aliphatic heterocycles. The summed E-state index contributed by atoms with van der Waals surface area (Å²) < 4.78 is 63.3. The number of rotatable bonds is 10. The van der Waals surface area contributed by atoms with Crippen molar-refractivity contribution in [2.75, 3.05) is 39.7 Å². The summed E-state index contributed by atoms with van der Waals surface area (Å²) >= 11 is 6.06. The number of sulfone groups is 1. The summed E-state index contributed by atoms with van der Waals surface area (Å²) in [4.78, 5) is 2.21. The van der Waals surface area contributed by atoms with E-state index < -0.39 is 38.4 Å². The van der Waals surface area contributed by atoms with Crippen molar-refractivity contribution in [2.24, 2.45) is 5.41 Å². The van der Waals surface area contributed by atoms with Crippen molar-refractivity contribution >= 4 is 31.8 Å². The van der Waals surface area contributed by atoms with Gasteiger partial charge in [0.25, 0.3) is 0 Å². The summed E-state index contributed by atoms with van der Waals surface area (Å²) in [5.74, 6) is -0.389. The van der Waals surface area contributed by atoms with Crippen LogP contribution in [-0.4, -0.2) is 71.0 Å². The lowest BCUT2D eigenvalue weighted by atomic mass is 9.88. The van der Waals surface area contributed by atoms with Crippen molar-refractivity contribution in [3.8, 4) is 0 Å². The van der Waals surface area contributed by atoms with E-state index in [0.717, 1.165) is 5.56 Å². The predicted octanol–water partition coefficient (Wildman–Crippen LogP) is 3.12. The molecule has 0 radical (unpaired) electrons. The second-order valence-corrected chi connectivity index (χ2v) is 13.3. The first-order chi connectivity index (χ1) is 16.2. The Balaban J connectivity index is 2.02. The maximum atomic E-state index is 13.6. The Bertz CT molecular complexity index is 1230. The van der Waals surface area contributed by atoms with Crippen molar-refractivity contribution < 1.29 is 25.6 Å². The van der Waals surface area contributed by atoms with Gasteiger partial charge in [-0.2, -0.15) is 8.42 Å². The number of nitrogens with one attached hydrogen (secondary N) is 1. The minimum absolute atomic E-state index is 0.0312. The van der Waals surface area contributed by atoms with Crippen LogP contribution >= 0.6 is 11.6 Å². The lowest BCUT2D eigenvalue weighted by Crippen LogP contribution is -2.36. The molecule has 1 heterocycles. The lowest BCUT2D eigenvalue weighted by Gasteiger charge is -2.30. The lowest BCUT2D eigenvalue weighted by molar-refractivity contribution is 0.0659. The molecule has 2 aromatic carbocycles. The average Bonchev–Trinajstić information content (AvgIpc) is 3.14. The Morgan fingerprint density at radius 2 is 1.74 bits per heavy atom. The SMILES string of the molecule is CN(C)CC(C)(C)CS(=O)(=O)c1ccccc1C1CNN(COS(=O)(=O)O)C1c1ccc(Cl)cc1. The highest BCUT2D eigenvalue weighted by atomic mass is 35.5. The van der Waals surface area contributed by atoms with Crippen molar-refractivity contribution in [1.29, 1.82) is 0 Å². The summed E-state index contributed by atoms with van der Waals surface area (Å²) in [7, 11) is -4.51. The van der Waals surface area contributed by atoms with Gasteiger partial charge in [-0.15, -0.1) is 0 Å². The van der Waals surface area contributed by atoms with Crippen LogP contribution in [0.5, 0.6) is 0 Å². The highest BCUT2D eigenvalue weighted by molar-refractivity contribution is 7.91. The highest BCUT2D eigenvalue weighted by Crippen LogP contribution is 2.42. The van der Waals surface area contributed by atoms with Gasteiger partial charge in [-0.25, -0.2) is 17.6 Å². The molecule has 0 bridgehead atoms. The molecule has 9 nitrogen and oxygen atoms in total. The fourth-order valence-electron chi connectivity index (χ4n) is 4.81. The zero-order valence-corrected chi connectivity index (χ0v) is 22.6. The van der Waals surface area contributed by atoms with E-state index in [1.54, 1.807) is 48.5 Å². The average molecular weight is 546 g/mol. The largest absolute Gasteiger partial charge is 0.398 e. The monoisotopic (exact) mass is 545 g/mol. The van der Waals surface area contributed by atoms with Crippen LogP contribution in [-0.2, 0) is 24.4 Å². The van der Waals surface area contributed by atoms with Crippen LogP contribution < -0.4 is 5.43 Å². The predicted molar refractivity (Wildman–Crippen MR) is 135 cm³/mol. The number of hydrazine groups is 1. The molecule has 0 saturated carbocycles. The molecule has 0 aromatic heterocycles. The molecule has 12 heteroatoms. The van der Waals surface area contributed by atoms with Crippen molar-refractivity contribution in [3.63, 3.8) is 0 Å². The smallest absolute Gasteiger partial charge is 0.309 e. The molecule has 2 N–H and O–H groups in total. The molecule has 1 fully saturated rings. The third kappa shape index (κ3) is 7.46. The fraction of sp³-hybridized carbons (Fsp3) is 0.478. The van der Waals surface area contributed by atoms with E-state index in [4.69, 9.17) is 16.2 Å². The quantitative estimate of drug-likeness (QED) is 0.434. The first-order valence-corrected chi connectivity index (χ1v) is 14.4. The Labute approximate surface area is 212 Å². The van der Waals surface area contributed by atoms with E-state index in [1.165, 1.54) is 5.01 Å². The van der Waals surface area contributed by atoms with Gasteiger partial charge in [0, 0.05) is 24.0 Å². The molecular formula is C23H32ClN3O6S2. The molecule has 194 valence electrons. The molecule has 1 saturated heterocycles. The Hall–Kier alpha value is -1.57. The summed E-state index contributed by atoms with van der Waals surface area (Å²) in [5, 5.41) is 2.06. The number of halogens is 1. The van der Waals surface area contributed by atoms with Crippen molar-refractivity contribution in [3.05, 3.63) is 64.7 Å². The topological polar surface area (TPSA) is 116 Å². The van der Waals surface area contributed by atoms with Gasteiger partial charge in [0.05, 0.1) is 16.7 Å². The molecule has 1 aliphatic rings. The summed E-state index contributed by atoms with van der Waals surface area (Å²) in [6.07, 6.45) is 0. The van der Waals surface area contributed by atoms with Crippen LogP contribution in [0.4, 0.5) is 0 Å². The first-order valence-electron chi connectivity index (χ1n) is 11.0. The first kappa shape index (κ1) is 28.0. The molecular weight excluding hydrogens is 514 g/mol. The summed E-state index contributed by atoms with van der Waals surface area (Å²) in [6.45, 7) is 4.32. The van der Waals surface area contributed by atoms with Gasteiger partial charge in [-0.05, 0) is 48.8 Å². The molecule has 3 rings (SSSR count). The van der Waals surface area contributed by atoms with Crippen LogP contribution in [0.15, 0.2) is 53.4 Å². The van der Waals surface area contributed by atoms with Crippen LogP contribution in [0.3, 0.4) is 0 Å². The molecule has 2 unspecified atom stereocenters. The van der Waals surface area contributed by atoms with Gasteiger partial charge < -0.3 is 4.90 Å². The van der Waals surface area contributed by atoms with E-state index in [-0.39, 0.29) is 16.6 Å². The van der Waals surface area contributed by atoms with Gasteiger partial charge >= 0.3 is 10.4 Å². The second kappa shape index (κ2) is 10.8. The molecule has 2 aromatic rings. The van der Waals surface area contributed by atoms with Crippen molar-refractivity contribution in [2.45, 2.75) is 30.7 Å². The van der Waals surface area contributed by atoms with Crippen LogP contribution in [0.1, 0.15) is 36.9 Å². The fourth-order valence-corrected chi connectivity index (χ4v) is 7.32. The third-order valence-electron chi connectivity index (χ3n) is 5.76. The zero-order valence-electron chi connectivity index (χ0n) is 20.2. The van der Waals surface area contributed by atoms with Crippen LogP contribution in [0.25, 0.3) is 0 Å². The van der Waals surface area contributed by atoms with E-state index in [2.05, 4.69) is 9.61 Å². The number of nitrogens with zero attached hydrogens (tertiary/aromatic N) is 2. The normalized spacial score (nSPS) is 20.0. The minimum atomic E-state index is -4.67. The Morgan fingerprint density at radius 3 is 2.34 bits per heavy atom.